The van der Waals surface area contributed by atoms with Gasteiger partial charge in [0.05, 0.1) is 26.5 Å². The van der Waals surface area contributed by atoms with Crippen LogP contribution in [-0.4, -0.2) is 71.1 Å². The molecule has 0 radical (unpaired) electrons. The minimum Gasteiger partial charge on any atom is -0.468 e. The van der Waals surface area contributed by atoms with Crippen LogP contribution in [0.15, 0.2) is 42.9 Å². The molecule has 0 bridgehead atoms. The molecular weight excluding hydrogens is 424 g/mol. The molecule has 1 atom stereocenters. The van der Waals surface area contributed by atoms with Crippen molar-refractivity contribution in [2.24, 2.45) is 0 Å². The van der Waals surface area contributed by atoms with E-state index in [-0.39, 0.29) is 25.4 Å². The summed E-state index contributed by atoms with van der Waals surface area (Å²) < 4.78 is 10.2. The van der Waals surface area contributed by atoms with Crippen molar-refractivity contribution in [1.29, 1.82) is 0 Å². The molecule has 0 saturated heterocycles. The number of aryl methyl sites for hydroxylation is 1. The van der Waals surface area contributed by atoms with Gasteiger partial charge in [0, 0.05) is 18.3 Å². The minimum absolute atomic E-state index is 0.0175. The molecule has 9 nitrogen and oxygen atoms in total. The largest absolute Gasteiger partial charge is 0.468 e. The second-order valence-corrected chi connectivity index (χ2v) is 8.81. The maximum atomic E-state index is 12.8. The van der Waals surface area contributed by atoms with Crippen LogP contribution in [0.3, 0.4) is 0 Å². The molecule has 9 heteroatoms. The monoisotopic (exact) mass is 458 g/mol. The van der Waals surface area contributed by atoms with Crippen molar-refractivity contribution in [3.8, 4) is 0 Å². The van der Waals surface area contributed by atoms with Crippen molar-refractivity contribution in [3.05, 3.63) is 54.1 Å². The predicted octanol–water partition coefficient (Wildman–Crippen LogP) is 1.89. The highest BCUT2D eigenvalue weighted by atomic mass is 16.6. The Morgan fingerprint density at radius 1 is 1.15 bits per heavy atom. The summed E-state index contributed by atoms with van der Waals surface area (Å²) in [5, 5.41) is 2.75. The first kappa shape index (κ1) is 26.1. The van der Waals surface area contributed by atoms with Gasteiger partial charge in [0.15, 0.2) is 0 Å². The van der Waals surface area contributed by atoms with Crippen molar-refractivity contribution in [2.75, 3.05) is 26.7 Å². The Hall–Kier alpha value is -3.20. The Morgan fingerprint density at radius 3 is 2.48 bits per heavy atom. The molecule has 180 valence electrons. The molecule has 1 aromatic carbocycles. The van der Waals surface area contributed by atoms with Gasteiger partial charge in [-0.1, -0.05) is 30.3 Å². The first-order valence-corrected chi connectivity index (χ1v) is 11.0. The summed E-state index contributed by atoms with van der Waals surface area (Å²) in [6.45, 7) is 5.76. The molecule has 1 unspecified atom stereocenters. The van der Waals surface area contributed by atoms with Crippen molar-refractivity contribution in [3.63, 3.8) is 0 Å². The van der Waals surface area contributed by atoms with E-state index in [9.17, 15) is 14.4 Å². The Kier molecular flexibility index (Phi) is 10.1. The second-order valence-electron chi connectivity index (χ2n) is 8.81. The number of hydrogen-bond acceptors (Lipinski definition) is 7. The van der Waals surface area contributed by atoms with Gasteiger partial charge in [0.25, 0.3) is 0 Å². The summed E-state index contributed by atoms with van der Waals surface area (Å²) in [7, 11) is 1.31. The van der Waals surface area contributed by atoms with Crippen LogP contribution >= 0.6 is 0 Å². The second kappa shape index (κ2) is 12.7. The number of aromatic amines is 1. The number of esters is 2. The highest BCUT2D eigenvalue weighted by Gasteiger charge is 2.28. The van der Waals surface area contributed by atoms with Crippen LogP contribution in [0.1, 0.15) is 38.4 Å². The first-order chi connectivity index (χ1) is 15.7. The topological polar surface area (TPSA) is 114 Å². The number of methoxy groups -OCH3 is 1. The standard InChI is InChI=1S/C24H34N4O5/c1-24(2,3)33-23(31)20(13-19-14-25-17-26-19)27-21(29)15-28(16-22(30)32-4)12-8-11-18-9-6-5-7-10-18/h5-7,9-10,14,17,20H,8,11-13,15-16H2,1-4H3,(H,25,26)(H,27,29). The molecule has 1 amide bonds. The summed E-state index contributed by atoms with van der Waals surface area (Å²) in [5.41, 5.74) is 1.19. The van der Waals surface area contributed by atoms with E-state index in [0.29, 0.717) is 12.2 Å². The predicted molar refractivity (Wildman–Crippen MR) is 123 cm³/mol. The van der Waals surface area contributed by atoms with E-state index in [4.69, 9.17) is 9.47 Å². The molecule has 0 fully saturated rings. The molecule has 0 saturated carbocycles. The number of ether oxygens (including phenoxy) is 2. The zero-order valence-electron chi connectivity index (χ0n) is 19.8. The van der Waals surface area contributed by atoms with Crippen LogP contribution in [0.4, 0.5) is 0 Å². The van der Waals surface area contributed by atoms with Gasteiger partial charge in [-0.3, -0.25) is 14.5 Å². The van der Waals surface area contributed by atoms with Crippen LogP contribution in [0, 0.1) is 0 Å². The fourth-order valence-corrected chi connectivity index (χ4v) is 3.24. The first-order valence-electron chi connectivity index (χ1n) is 11.0. The van der Waals surface area contributed by atoms with E-state index in [1.807, 2.05) is 30.3 Å². The van der Waals surface area contributed by atoms with Gasteiger partial charge >= 0.3 is 11.9 Å². The molecule has 1 heterocycles. The van der Waals surface area contributed by atoms with Gasteiger partial charge in [0.1, 0.15) is 11.6 Å². The maximum absolute atomic E-state index is 12.8. The van der Waals surface area contributed by atoms with E-state index in [0.717, 1.165) is 12.8 Å². The Labute approximate surface area is 194 Å². The van der Waals surface area contributed by atoms with Gasteiger partial charge < -0.3 is 19.8 Å². The number of H-pyrrole nitrogens is 1. The van der Waals surface area contributed by atoms with Crippen molar-refractivity contribution >= 4 is 17.8 Å². The number of aromatic nitrogens is 2. The maximum Gasteiger partial charge on any atom is 0.329 e. The number of nitrogens with zero attached hydrogens (tertiary/aromatic N) is 2. The average molecular weight is 459 g/mol. The zero-order valence-corrected chi connectivity index (χ0v) is 19.8. The van der Waals surface area contributed by atoms with E-state index in [2.05, 4.69) is 15.3 Å². The van der Waals surface area contributed by atoms with Gasteiger partial charge in [-0.05, 0) is 45.7 Å². The fraction of sp³-hybridized carbons (Fsp3) is 0.500. The van der Waals surface area contributed by atoms with Crippen molar-refractivity contribution in [2.45, 2.75) is 51.7 Å². The highest BCUT2D eigenvalue weighted by Crippen LogP contribution is 2.11. The lowest BCUT2D eigenvalue weighted by atomic mass is 10.1. The number of hydrogen-bond donors (Lipinski definition) is 2. The van der Waals surface area contributed by atoms with Crippen LogP contribution in [0.5, 0.6) is 0 Å². The minimum atomic E-state index is -0.888. The molecule has 0 aliphatic heterocycles. The van der Waals surface area contributed by atoms with Gasteiger partial charge in [-0.2, -0.15) is 0 Å². The van der Waals surface area contributed by atoms with Crippen LogP contribution in [-0.2, 0) is 36.7 Å². The SMILES string of the molecule is COC(=O)CN(CCCc1ccccc1)CC(=O)NC(Cc1cnc[nH]1)C(=O)OC(C)(C)C. The molecule has 1 aromatic heterocycles. The summed E-state index contributed by atoms with van der Waals surface area (Å²) in [5.74, 6) is -1.34. The number of amides is 1. The van der Waals surface area contributed by atoms with E-state index >= 15 is 0 Å². The quantitative estimate of drug-likeness (QED) is 0.467. The third-order valence-electron chi connectivity index (χ3n) is 4.74. The van der Waals surface area contributed by atoms with Crippen molar-refractivity contribution in [1.82, 2.24) is 20.2 Å². The fourth-order valence-electron chi connectivity index (χ4n) is 3.24. The number of carbonyl (C=O) groups is 3. The zero-order chi connectivity index (χ0) is 24.3. The lowest BCUT2D eigenvalue weighted by molar-refractivity contribution is -0.158. The average Bonchev–Trinajstić information content (AvgIpc) is 3.25. The van der Waals surface area contributed by atoms with Gasteiger partial charge in [-0.15, -0.1) is 0 Å². The number of rotatable bonds is 12. The number of carbonyl (C=O) groups excluding carboxylic acids is 3. The van der Waals surface area contributed by atoms with Crippen molar-refractivity contribution < 1.29 is 23.9 Å². The van der Waals surface area contributed by atoms with Gasteiger partial charge in [0.2, 0.25) is 5.91 Å². The Morgan fingerprint density at radius 2 is 1.88 bits per heavy atom. The molecular formula is C24H34N4O5. The molecule has 2 rings (SSSR count). The molecule has 0 aliphatic rings. The van der Waals surface area contributed by atoms with Crippen LogP contribution in [0.25, 0.3) is 0 Å². The third-order valence-corrected chi connectivity index (χ3v) is 4.74. The number of nitrogens with one attached hydrogen (secondary N) is 2. The van der Waals surface area contributed by atoms with Crippen LogP contribution in [0.2, 0.25) is 0 Å². The third kappa shape index (κ3) is 10.3. The highest BCUT2D eigenvalue weighted by molar-refractivity contribution is 5.86. The molecule has 0 spiro atoms. The molecule has 0 aliphatic carbocycles. The molecule has 33 heavy (non-hydrogen) atoms. The normalized spacial score (nSPS) is 12.3. The Bertz CT molecular complexity index is 878. The summed E-state index contributed by atoms with van der Waals surface area (Å²) in [6.07, 6.45) is 4.90. The van der Waals surface area contributed by atoms with E-state index in [1.165, 1.54) is 19.0 Å². The lowest BCUT2D eigenvalue weighted by Gasteiger charge is -2.26. The smallest absolute Gasteiger partial charge is 0.329 e. The Balaban J connectivity index is 2.00. The summed E-state index contributed by atoms with van der Waals surface area (Å²) >= 11 is 0. The number of imidazole rings is 1. The number of benzene rings is 1. The molecule has 2 aromatic rings. The van der Waals surface area contributed by atoms with Crippen LogP contribution < -0.4 is 5.32 Å². The summed E-state index contributed by atoms with van der Waals surface area (Å²) in [6, 6.07) is 9.11. The molecule has 2 N–H and O–H groups in total. The van der Waals surface area contributed by atoms with E-state index < -0.39 is 23.6 Å². The lowest BCUT2D eigenvalue weighted by Crippen LogP contribution is -2.49. The van der Waals surface area contributed by atoms with E-state index in [1.54, 1.807) is 31.9 Å². The summed E-state index contributed by atoms with van der Waals surface area (Å²) in [4.78, 5) is 46.0. The van der Waals surface area contributed by atoms with Gasteiger partial charge in [-0.25, -0.2) is 9.78 Å².